The van der Waals surface area contributed by atoms with Gasteiger partial charge in [-0.2, -0.15) is 10.4 Å². The largest absolute Gasteiger partial charge is 0.357 e. The smallest absolute Gasteiger partial charge is 0.192 e. The number of benzene rings is 2. The van der Waals surface area contributed by atoms with Gasteiger partial charge in [0.15, 0.2) is 5.96 Å². The van der Waals surface area contributed by atoms with Gasteiger partial charge in [-0.1, -0.05) is 12.1 Å². The number of guanidine groups is 1. The van der Waals surface area contributed by atoms with Crippen LogP contribution in [0.5, 0.6) is 0 Å². The van der Waals surface area contributed by atoms with Crippen LogP contribution in [0.3, 0.4) is 0 Å². The standard InChI is InChI=1S/C22H23FN6/c1-3-25-22(26-15-19-12-17(14-24)8-9-21(19)23)28-16(2)18-6-4-7-20(13-18)29-11-5-10-27-29/h4-13,16H,3,15H2,1-2H3,(H2,25,26,28). The van der Waals surface area contributed by atoms with Crippen LogP contribution in [0, 0.1) is 17.1 Å². The van der Waals surface area contributed by atoms with Crippen molar-refractivity contribution in [3.05, 3.63) is 83.4 Å². The number of nitrogens with zero attached hydrogens (tertiary/aromatic N) is 4. The van der Waals surface area contributed by atoms with Gasteiger partial charge in [-0.3, -0.25) is 0 Å². The highest BCUT2D eigenvalue weighted by molar-refractivity contribution is 5.80. The lowest BCUT2D eigenvalue weighted by Gasteiger charge is -2.19. The van der Waals surface area contributed by atoms with Gasteiger partial charge in [0.05, 0.1) is 29.9 Å². The molecule has 0 aliphatic carbocycles. The van der Waals surface area contributed by atoms with Crippen LogP contribution in [0.25, 0.3) is 5.69 Å². The average molecular weight is 390 g/mol. The van der Waals surface area contributed by atoms with Crippen LogP contribution in [0.2, 0.25) is 0 Å². The minimum absolute atomic E-state index is 0.0291. The summed E-state index contributed by atoms with van der Waals surface area (Å²) in [7, 11) is 0. The molecule has 0 fully saturated rings. The fraction of sp³-hybridized carbons (Fsp3) is 0.227. The zero-order valence-corrected chi connectivity index (χ0v) is 16.4. The number of nitrogens with one attached hydrogen (secondary N) is 2. The van der Waals surface area contributed by atoms with Gasteiger partial charge in [-0.15, -0.1) is 0 Å². The van der Waals surface area contributed by atoms with Crippen molar-refractivity contribution in [3.8, 4) is 11.8 Å². The first-order valence-electron chi connectivity index (χ1n) is 9.44. The molecule has 2 aromatic carbocycles. The zero-order valence-electron chi connectivity index (χ0n) is 16.4. The molecule has 1 aromatic heterocycles. The van der Waals surface area contributed by atoms with E-state index in [1.165, 1.54) is 18.2 Å². The van der Waals surface area contributed by atoms with Crippen LogP contribution >= 0.6 is 0 Å². The minimum Gasteiger partial charge on any atom is -0.357 e. The Hall–Kier alpha value is -3.66. The molecule has 0 aliphatic rings. The summed E-state index contributed by atoms with van der Waals surface area (Å²) in [6.07, 6.45) is 3.64. The molecule has 1 atom stereocenters. The molecule has 7 heteroatoms. The molecule has 0 spiro atoms. The van der Waals surface area contributed by atoms with Crippen molar-refractivity contribution in [2.24, 2.45) is 4.99 Å². The lowest BCUT2D eigenvalue weighted by atomic mass is 10.1. The molecule has 0 bridgehead atoms. The van der Waals surface area contributed by atoms with E-state index < -0.39 is 0 Å². The Kier molecular flexibility index (Phi) is 6.59. The second-order valence-corrected chi connectivity index (χ2v) is 6.52. The van der Waals surface area contributed by atoms with Gasteiger partial charge in [0.2, 0.25) is 0 Å². The Labute approximate surface area is 169 Å². The first-order chi connectivity index (χ1) is 14.1. The van der Waals surface area contributed by atoms with E-state index in [4.69, 9.17) is 5.26 Å². The van der Waals surface area contributed by atoms with Crippen molar-refractivity contribution >= 4 is 5.96 Å². The third-order valence-corrected chi connectivity index (χ3v) is 4.42. The number of halogens is 1. The molecule has 3 rings (SSSR count). The van der Waals surface area contributed by atoms with E-state index in [0.29, 0.717) is 23.6 Å². The molecule has 1 unspecified atom stereocenters. The number of hydrogen-bond donors (Lipinski definition) is 2. The van der Waals surface area contributed by atoms with Gasteiger partial charge in [0, 0.05) is 24.5 Å². The third kappa shape index (κ3) is 5.20. The van der Waals surface area contributed by atoms with E-state index in [0.717, 1.165) is 11.3 Å². The van der Waals surface area contributed by atoms with Crippen LogP contribution in [0.15, 0.2) is 65.9 Å². The van der Waals surface area contributed by atoms with Gasteiger partial charge < -0.3 is 10.6 Å². The molecule has 0 saturated heterocycles. The van der Waals surface area contributed by atoms with E-state index in [1.807, 2.05) is 50.4 Å². The summed E-state index contributed by atoms with van der Waals surface area (Å²) in [5, 5.41) is 19.8. The topological polar surface area (TPSA) is 78.0 Å². The Morgan fingerprint density at radius 2 is 2.14 bits per heavy atom. The summed E-state index contributed by atoms with van der Waals surface area (Å²) >= 11 is 0. The predicted molar refractivity (Wildman–Crippen MR) is 111 cm³/mol. The average Bonchev–Trinajstić information content (AvgIpc) is 3.28. The summed E-state index contributed by atoms with van der Waals surface area (Å²) in [6, 6.07) is 16.2. The number of nitriles is 1. The van der Waals surface area contributed by atoms with Crippen LogP contribution < -0.4 is 10.6 Å². The predicted octanol–water partition coefficient (Wildman–Crippen LogP) is 3.70. The molecule has 148 valence electrons. The monoisotopic (exact) mass is 390 g/mol. The molecule has 0 amide bonds. The molecule has 0 saturated carbocycles. The first-order valence-corrected chi connectivity index (χ1v) is 9.44. The van der Waals surface area contributed by atoms with Crippen molar-refractivity contribution in [2.45, 2.75) is 26.4 Å². The highest BCUT2D eigenvalue weighted by Gasteiger charge is 2.10. The van der Waals surface area contributed by atoms with Gasteiger partial charge >= 0.3 is 0 Å². The molecule has 29 heavy (non-hydrogen) atoms. The molecule has 0 radical (unpaired) electrons. The van der Waals surface area contributed by atoms with Gasteiger partial charge in [0.25, 0.3) is 0 Å². The van der Waals surface area contributed by atoms with Crippen LogP contribution in [-0.2, 0) is 6.54 Å². The zero-order chi connectivity index (χ0) is 20.6. The molecule has 3 aromatic rings. The van der Waals surface area contributed by atoms with Crippen LogP contribution in [-0.4, -0.2) is 22.3 Å². The summed E-state index contributed by atoms with van der Waals surface area (Å²) in [6.45, 7) is 4.81. The van der Waals surface area contributed by atoms with Gasteiger partial charge in [-0.05, 0) is 55.8 Å². The van der Waals surface area contributed by atoms with Crippen LogP contribution in [0.4, 0.5) is 4.39 Å². The Morgan fingerprint density at radius 1 is 1.28 bits per heavy atom. The quantitative estimate of drug-likeness (QED) is 0.497. The van der Waals surface area contributed by atoms with E-state index >= 15 is 0 Å². The normalized spacial score (nSPS) is 12.3. The lowest BCUT2D eigenvalue weighted by Crippen LogP contribution is -2.38. The summed E-state index contributed by atoms with van der Waals surface area (Å²) in [5.41, 5.74) is 2.84. The van der Waals surface area contributed by atoms with E-state index in [1.54, 1.807) is 10.9 Å². The van der Waals surface area contributed by atoms with Crippen molar-refractivity contribution in [2.75, 3.05) is 6.54 Å². The maximum absolute atomic E-state index is 14.0. The maximum atomic E-state index is 14.0. The third-order valence-electron chi connectivity index (χ3n) is 4.42. The Bertz CT molecular complexity index is 1020. The molecule has 2 N–H and O–H groups in total. The Morgan fingerprint density at radius 3 is 2.86 bits per heavy atom. The Balaban J connectivity index is 1.76. The SMILES string of the molecule is CCNC(=NCc1cc(C#N)ccc1F)NC(C)c1cccc(-n2cccn2)c1. The van der Waals surface area contributed by atoms with Crippen molar-refractivity contribution in [1.29, 1.82) is 5.26 Å². The van der Waals surface area contributed by atoms with Gasteiger partial charge in [-0.25, -0.2) is 14.1 Å². The number of aliphatic imine (C=N–C) groups is 1. The fourth-order valence-electron chi connectivity index (χ4n) is 2.90. The summed E-state index contributed by atoms with van der Waals surface area (Å²) in [4.78, 5) is 4.49. The van der Waals surface area contributed by atoms with E-state index in [9.17, 15) is 4.39 Å². The molecule has 6 nitrogen and oxygen atoms in total. The number of rotatable bonds is 6. The molecule has 0 aliphatic heterocycles. The summed E-state index contributed by atoms with van der Waals surface area (Å²) < 4.78 is 15.8. The van der Waals surface area contributed by atoms with Crippen molar-refractivity contribution in [1.82, 2.24) is 20.4 Å². The van der Waals surface area contributed by atoms with E-state index in [2.05, 4.69) is 26.8 Å². The second kappa shape index (κ2) is 9.51. The summed E-state index contributed by atoms with van der Waals surface area (Å²) in [5.74, 6) is 0.204. The van der Waals surface area contributed by atoms with Crippen LogP contribution in [0.1, 0.15) is 36.6 Å². The second-order valence-electron chi connectivity index (χ2n) is 6.52. The lowest BCUT2D eigenvalue weighted by molar-refractivity contribution is 0.609. The molecular formula is C22H23FN6. The van der Waals surface area contributed by atoms with E-state index in [-0.39, 0.29) is 18.4 Å². The van der Waals surface area contributed by atoms with Gasteiger partial charge in [0.1, 0.15) is 5.82 Å². The van der Waals surface area contributed by atoms with Crippen molar-refractivity contribution < 1.29 is 4.39 Å². The van der Waals surface area contributed by atoms with Crippen molar-refractivity contribution in [3.63, 3.8) is 0 Å². The highest BCUT2D eigenvalue weighted by atomic mass is 19.1. The highest BCUT2D eigenvalue weighted by Crippen LogP contribution is 2.17. The number of aromatic nitrogens is 2. The number of hydrogen-bond acceptors (Lipinski definition) is 3. The first kappa shape index (κ1) is 20.1. The minimum atomic E-state index is -0.372. The molecular weight excluding hydrogens is 367 g/mol. The molecule has 1 heterocycles. The maximum Gasteiger partial charge on any atom is 0.192 e. The fourth-order valence-corrected chi connectivity index (χ4v) is 2.90.